The van der Waals surface area contributed by atoms with Gasteiger partial charge >= 0.3 is 6.18 Å². The largest absolute Gasteiger partial charge is 0.481 e. The van der Waals surface area contributed by atoms with Gasteiger partial charge in [0.25, 0.3) is 5.91 Å². The minimum atomic E-state index is -4.56. The smallest absolute Gasteiger partial charge is 0.417 e. The van der Waals surface area contributed by atoms with E-state index in [9.17, 15) is 22.4 Å². The van der Waals surface area contributed by atoms with Gasteiger partial charge in [-0.05, 0) is 31.5 Å². The maximum Gasteiger partial charge on any atom is 0.417 e. The van der Waals surface area contributed by atoms with Crippen LogP contribution in [0.3, 0.4) is 0 Å². The van der Waals surface area contributed by atoms with Crippen molar-refractivity contribution in [3.63, 3.8) is 0 Å². The van der Waals surface area contributed by atoms with Crippen molar-refractivity contribution in [2.75, 3.05) is 13.7 Å². The molecule has 1 amide bonds. The first-order valence-corrected chi connectivity index (χ1v) is 9.08. The molecular formula is C20H20F4N4O2. The molecule has 0 spiro atoms. The van der Waals surface area contributed by atoms with Crippen LogP contribution in [0.1, 0.15) is 34.0 Å². The molecule has 0 aliphatic heterocycles. The summed E-state index contributed by atoms with van der Waals surface area (Å²) in [5, 5.41) is 2.48. The fourth-order valence-electron chi connectivity index (χ4n) is 3.03. The lowest BCUT2D eigenvalue weighted by Gasteiger charge is -2.13. The number of pyridine rings is 2. The van der Waals surface area contributed by atoms with E-state index >= 15 is 0 Å². The van der Waals surface area contributed by atoms with Crippen LogP contribution in [0, 0.1) is 6.92 Å². The zero-order valence-corrected chi connectivity index (χ0v) is 16.5. The summed E-state index contributed by atoms with van der Waals surface area (Å²) in [4.78, 5) is 20.5. The Morgan fingerprint density at radius 1 is 1.27 bits per heavy atom. The maximum absolute atomic E-state index is 13.1. The highest BCUT2D eigenvalue weighted by Gasteiger charge is 2.32. The fraction of sp³-hybridized carbons (Fsp3) is 0.350. The topological polar surface area (TPSA) is 69.0 Å². The van der Waals surface area contributed by atoms with Crippen LogP contribution in [0.2, 0.25) is 0 Å². The lowest BCUT2D eigenvalue weighted by atomic mass is 10.2. The summed E-state index contributed by atoms with van der Waals surface area (Å²) in [6, 6.07) is 2.73. The maximum atomic E-state index is 13.1. The Labute approximate surface area is 169 Å². The van der Waals surface area contributed by atoms with Crippen molar-refractivity contribution >= 4 is 16.9 Å². The van der Waals surface area contributed by atoms with Gasteiger partial charge in [0.05, 0.1) is 30.3 Å². The number of nitrogens with one attached hydrogen (secondary N) is 1. The number of nitrogens with zero attached hydrogens (tertiary/aromatic N) is 3. The standard InChI is InChI=1S/C20H20F4N4O2/c1-11-4-16-17(25-6-11)15(18(29)26-7-12(2)21)10-28(16)9-13-5-14(20(22,23)24)8-27-19(13)30-3/h4-6,8,10,12H,7,9H2,1-3H3,(H,26,29)/t12-/m0/s1. The Balaban J connectivity index is 2.06. The summed E-state index contributed by atoms with van der Waals surface area (Å²) in [7, 11) is 1.32. The lowest BCUT2D eigenvalue weighted by Crippen LogP contribution is -2.28. The summed E-state index contributed by atoms with van der Waals surface area (Å²) in [5.41, 5.74) is 1.20. The first-order valence-electron chi connectivity index (χ1n) is 9.08. The second kappa shape index (κ2) is 8.29. The van der Waals surface area contributed by atoms with Gasteiger partial charge in [0.1, 0.15) is 11.7 Å². The average Bonchev–Trinajstić information content (AvgIpc) is 3.03. The van der Waals surface area contributed by atoms with Crippen molar-refractivity contribution in [3.05, 3.63) is 53.0 Å². The van der Waals surface area contributed by atoms with E-state index in [4.69, 9.17) is 4.74 Å². The Morgan fingerprint density at radius 2 is 2.00 bits per heavy atom. The van der Waals surface area contributed by atoms with Crippen LogP contribution in [-0.2, 0) is 12.7 Å². The third kappa shape index (κ3) is 4.52. The molecule has 10 heteroatoms. The van der Waals surface area contributed by atoms with E-state index in [1.165, 1.54) is 20.2 Å². The minimum Gasteiger partial charge on any atom is -0.481 e. The number of ether oxygens (including phenoxy) is 1. The van der Waals surface area contributed by atoms with E-state index in [2.05, 4.69) is 15.3 Å². The molecule has 1 atom stereocenters. The SMILES string of the molecule is COc1ncc(C(F)(F)F)cc1Cn1cc(C(=O)NC[C@H](C)F)c2ncc(C)cc21. The third-order valence-corrected chi connectivity index (χ3v) is 4.43. The molecule has 1 N–H and O–H groups in total. The molecule has 30 heavy (non-hydrogen) atoms. The van der Waals surface area contributed by atoms with Crippen LogP contribution in [-0.4, -0.2) is 40.3 Å². The second-order valence-electron chi connectivity index (χ2n) is 6.93. The number of rotatable bonds is 6. The monoisotopic (exact) mass is 424 g/mol. The molecule has 160 valence electrons. The van der Waals surface area contributed by atoms with Crippen molar-refractivity contribution in [1.82, 2.24) is 19.9 Å². The summed E-state index contributed by atoms with van der Waals surface area (Å²) >= 11 is 0. The molecule has 0 saturated heterocycles. The van der Waals surface area contributed by atoms with E-state index < -0.39 is 23.8 Å². The third-order valence-electron chi connectivity index (χ3n) is 4.43. The highest BCUT2D eigenvalue weighted by Crippen LogP contribution is 2.32. The van der Waals surface area contributed by atoms with Gasteiger partial charge in [0, 0.05) is 30.7 Å². The van der Waals surface area contributed by atoms with E-state index in [1.807, 2.05) is 0 Å². The molecule has 3 heterocycles. The molecule has 0 unspecified atom stereocenters. The molecule has 3 aromatic heterocycles. The molecule has 0 aliphatic carbocycles. The predicted molar refractivity (Wildman–Crippen MR) is 102 cm³/mol. The number of aromatic nitrogens is 3. The van der Waals surface area contributed by atoms with Crippen LogP contribution in [0.4, 0.5) is 17.6 Å². The number of halogens is 4. The number of carbonyl (C=O) groups excluding carboxylic acids is 1. The van der Waals surface area contributed by atoms with E-state index in [0.717, 1.165) is 11.6 Å². The average molecular weight is 424 g/mol. The number of hydrogen-bond donors (Lipinski definition) is 1. The molecule has 0 fully saturated rings. The molecule has 0 radical (unpaired) electrons. The van der Waals surface area contributed by atoms with Gasteiger partial charge in [-0.3, -0.25) is 9.78 Å². The summed E-state index contributed by atoms with van der Waals surface area (Å²) < 4.78 is 59.2. The number of aryl methyl sites for hydroxylation is 1. The summed E-state index contributed by atoms with van der Waals surface area (Å²) in [6.07, 6.45) is -2.02. The molecule has 0 aliphatic rings. The van der Waals surface area contributed by atoms with Crippen LogP contribution in [0.5, 0.6) is 5.88 Å². The quantitative estimate of drug-likeness (QED) is 0.610. The molecule has 0 saturated carbocycles. The van der Waals surface area contributed by atoms with Gasteiger partial charge in [-0.1, -0.05) is 0 Å². The van der Waals surface area contributed by atoms with Crippen molar-refractivity contribution in [3.8, 4) is 5.88 Å². The predicted octanol–water partition coefficient (Wildman–Crippen LogP) is 3.90. The number of alkyl halides is 4. The Morgan fingerprint density at radius 3 is 2.63 bits per heavy atom. The van der Waals surface area contributed by atoms with E-state index in [-0.39, 0.29) is 30.1 Å². The highest BCUT2D eigenvalue weighted by atomic mass is 19.4. The Bertz CT molecular complexity index is 1080. The van der Waals surface area contributed by atoms with Crippen LogP contribution in [0.25, 0.3) is 11.0 Å². The van der Waals surface area contributed by atoms with Crippen LogP contribution in [0.15, 0.2) is 30.7 Å². The van der Waals surface area contributed by atoms with Gasteiger partial charge in [0.2, 0.25) is 5.88 Å². The van der Waals surface area contributed by atoms with Gasteiger partial charge in [-0.25, -0.2) is 9.37 Å². The minimum absolute atomic E-state index is 0.0332. The summed E-state index contributed by atoms with van der Waals surface area (Å²) in [5.74, 6) is -0.476. The van der Waals surface area contributed by atoms with Gasteiger partial charge in [-0.15, -0.1) is 0 Å². The Kier molecular flexibility index (Phi) is 5.95. The van der Waals surface area contributed by atoms with Crippen molar-refractivity contribution in [1.29, 1.82) is 0 Å². The zero-order chi connectivity index (χ0) is 22.1. The molecule has 0 bridgehead atoms. The van der Waals surface area contributed by atoms with Crippen LogP contribution >= 0.6 is 0 Å². The number of carbonyl (C=O) groups is 1. The van der Waals surface area contributed by atoms with Gasteiger partial charge < -0.3 is 14.6 Å². The lowest BCUT2D eigenvalue weighted by molar-refractivity contribution is -0.137. The molecule has 3 rings (SSSR count). The molecule has 0 aromatic carbocycles. The highest BCUT2D eigenvalue weighted by molar-refractivity contribution is 6.05. The van der Waals surface area contributed by atoms with Gasteiger partial charge in [-0.2, -0.15) is 13.2 Å². The number of amides is 1. The fourth-order valence-corrected chi connectivity index (χ4v) is 3.03. The molecule has 3 aromatic rings. The van der Waals surface area contributed by atoms with E-state index in [0.29, 0.717) is 17.2 Å². The first-order chi connectivity index (χ1) is 14.1. The Hall–Kier alpha value is -3.17. The number of fused-ring (bicyclic) bond motifs is 1. The summed E-state index contributed by atoms with van der Waals surface area (Å²) in [6.45, 7) is 2.93. The van der Waals surface area contributed by atoms with E-state index in [1.54, 1.807) is 23.8 Å². The normalized spacial score (nSPS) is 12.8. The van der Waals surface area contributed by atoms with Crippen LogP contribution < -0.4 is 10.1 Å². The first kappa shape index (κ1) is 21.5. The van der Waals surface area contributed by atoms with Crippen molar-refractivity contribution < 1.29 is 27.1 Å². The van der Waals surface area contributed by atoms with Crippen molar-refractivity contribution in [2.24, 2.45) is 0 Å². The molecule has 6 nitrogen and oxygen atoms in total. The van der Waals surface area contributed by atoms with Gasteiger partial charge in [0.15, 0.2) is 0 Å². The van der Waals surface area contributed by atoms with Crippen molar-refractivity contribution in [2.45, 2.75) is 32.7 Å². The number of hydrogen-bond acceptors (Lipinski definition) is 4. The second-order valence-corrected chi connectivity index (χ2v) is 6.93. The number of methoxy groups -OCH3 is 1. The zero-order valence-electron chi connectivity index (χ0n) is 16.5. The molecular weight excluding hydrogens is 404 g/mol.